The number of anilines is 1. The summed E-state index contributed by atoms with van der Waals surface area (Å²) in [6.07, 6.45) is 4.00. The third-order valence-electron chi connectivity index (χ3n) is 3.87. The minimum Gasteiger partial charge on any atom is -0.398 e. The van der Waals surface area contributed by atoms with Gasteiger partial charge in [0.15, 0.2) is 0 Å². The molecule has 4 heteroatoms. The summed E-state index contributed by atoms with van der Waals surface area (Å²) >= 11 is 0. The van der Waals surface area contributed by atoms with Crippen molar-refractivity contribution >= 4 is 5.69 Å². The molecule has 1 rings (SSSR count). The molecule has 0 bridgehead atoms. The topological polar surface area (TPSA) is 62.4 Å². The van der Waals surface area contributed by atoms with Crippen LogP contribution >= 0.6 is 0 Å². The Labute approximate surface area is 116 Å². The second-order valence-corrected chi connectivity index (χ2v) is 5.09. The van der Waals surface area contributed by atoms with Crippen LogP contribution in [-0.2, 0) is 6.54 Å². The molecule has 0 radical (unpaired) electrons. The van der Waals surface area contributed by atoms with Crippen molar-refractivity contribution in [3.05, 3.63) is 23.0 Å². The molecule has 0 unspecified atom stereocenters. The Morgan fingerprint density at radius 2 is 1.95 bits per heavy atom. The highest BCUT2D eigenvalue weighted by molar-refractivity contribution is 5.53. The molecule has 1 heterocycles. The van der Waals surface area contributed by atoms with Crippen LogP contribution in [0.25, 0.3) is 0 Å². The first-order valence-electron chi connectivity index (χ1n) is 7.10. The molecule has 4 nitrogen and oxygen atoms in total. The molecule has 19 heavy (non-hydrogen) atoms. The van der Waals surface area contributed by atoms with E-state index in [0.29, 0.717) is 12.6 Å². The van der Waals surface area contributed by atoms with Crippen molar-refractivity contribution in [1.82, 2.24) is 9.88 Å². The van der Waals surface area contributed by atoms with E-state index < -0.39 is 0 Å². The van der Waals surface area contributed by atoms with E-state index in [9.17, 15) is 5.11 Å². The minimum absolute atomic E-state index is 0.177. The van der Waals surface area contributed by atoms with Gasteiger partial charge in [0, 0.05) is 31.0 Å². The van der Waals surface area contributed by atoms with Crippen LogP contribution in [0, 0.1) is 13.8 Å². The molecule has 0 fully saturated rings. The highest BCUT2D eigenvalue weighted by atomic mass is 16.3. The molecule has 108 valence electrons. The maximum absolute atomic E-state index is 9.24. The van der Waals surface area contributed by atoms with E-state index in [1.807, 2.05) is 20.0 Å². The Morgan fingerprint density at radius 3 is 2.47 bits per heavy atom. The maximum Gasteiger partial charge on any atom is 0.0593 e. The predicted octanol–water partition coefficient (Wildman–Crippen LogP) is 2.26. The highest BCUT2D eigenvalue weighted by Gasteiger charge is 2.17. The van der Waals surface area contributed by atoms with Gasteiger partial charge in [-0.2, -0.15) is 0 Å². The van der Waals surface area contributed by atoms with Crippen LogP contribution in [-0.4, -0.2) is 34.2 Å². The molecular formula is C15H27N3O. The molecule has 3 N–H and O–H groups in total. The van der Waals surface area contributed by atoms with Gasteiger partial charge in [0.1, 0.15) is 0 Å². The van der Waals surface area contributed by atoms with E-state index in [-0.39, 0.29) is 6.61 Å². The number of hydrogen-bond donors (Lipinski definition) is 2. The first-order chi connectivity index (χ1) is 9.04. The van der Waals surface area contributed by atoms with Crippen molar-refractivity contribution in [2.24, 2.45) is 0 Å². The zero-order valence-corrected chi connectivity index (χ0v) is 12.6. The number of aryl methyl sites for hydroxylation is 1. The summed E-state index contributed by atoms with van der Waals surface area (Å²) in [6, 6.07) is 0.482. The fourth-order valence-corrected chi connectivity index (χ4v) is 2.47. The van der Waals surface area contributed by atoms with E-state index in [4.69, 9.17) is 5.73 Å². The van der Waals surface area contributed by atoms with Gasteiger partial charge in [-0.05, 0) is 37.8 Å². The fourth-order valence-electron chi connectivity index (χ4n) is 2.47. The monoisotopic (exact) mass is 265 g/mol. The number of pyridine rings is 1. The van der Waals surface area contributed by atoms with E-state index in [2.05, 4.69) is 23.7 Å². The summed E-state index contributed by atoms with van der Waals surface area (Å²) in [4.78, 5) is 6.80. The maximum atomic E-state index is 9.24. The van der Waals surface area contributed by atoms with Gasteiger partial charge in [-0.25, -0.2) is 0 Å². The van der Waals surface area contributed by atoms with Crippen LogP contribution in [0.4, 0.5) is 5.69 Å². The van der Waals surface area contributed by atoms with Crippen LogP contribution in [0.3, 0.4) is 0 Å². The quantitative estimate of drug-likeness (QED) is 0.794. The summed E-state index contributed by atoms with van der Waals surface area (Å²) < 4.78 is 0. The summed E-state index contributed by atoms with van der Waals surface area (Å²) in [5, 5.41) is 9.24. The number of nitrogens with zero attached hydrogens (tertiary/aromatic N) is 2. The summed E-state index contributed by atoms with van der Waals surface area (Å²) in [7, 11) is 0. The first kappa shape index (κ1) is 15.9. The smallest absolute Gasteiger partial charge is 0.0593 e. The third kappa shape index (κ3) is 3.91. The van der Waals surface area contributed by atoms with Crippen LogP contribution in [0.1, 0.15) is 43.5 Å². The Morgan fingerprint density at radius 1 is 1.32 bits per heavy atom. The summed E-state index contributed by atoms with van der Waals surface area (Å²) in [5.74, 6) is 0. The molecule has 0 saturated heterocycles. The average molecular weight is 265 g/mol. The highest BCUT2D eigenvalue weighted by Crippen LogP contribution is 2.20. The number of aliphatic hydroxyl groups excluding tert-OH is 1. The fraction of sp³-hybridized carbons (Fsp3) is 0.667. The minimum atomic E-state index is 0.177. The molecule has 0 aliphatic rings. The number of rotatable bonds is 7. The van der Waals surface area contributed by atoms with Crippen molar-refractivity contribution < 1.29 is 5.11 Å². The standard InChI is InChI=1S/C15H27N3O/c1-5-13(6-2)18(7-8-19)10-14-12(4)15(16)11(3)9-17-14/h9,13,19H,5-8,10H2,1-4H3,(H2,16,17). The summed E-state index contributed by atoms with van der Waals surface area (Å²) in [6.45, 7) is 9.98. The van der Waals surface area contributed by atoms with Crippen LogP contribution in [0.5, 0.6) is 0 Å². The molecule has 1 aromatic rings. The number of aliphatic hydroxyl groups is 1. The Hall–Kier alpha value is -1.13. The largest absolute Gasteiger partial charge is 0.398 e. The average Bonchev–Trinajstić information content (AvgIpc) is 2.41. The van der Waals surface area contributed by atoms with Crippen molar-refractivity contribution in [2.75, 3.05) is 18.9 Å². The van der Waals surface area contributed by atoms with E-state index in [1.54, 1.807) is 0 Å². The Bertz CT molecular complexity index is 403. The molecule has 0 amide bonds. The molecule has 0 aliphatic heterocycles. The third-order valence-corrected chi connectivity index (χ3v) is 3.87. The SMILES string of the molecule is CCC(CC)N(CCO)Cc1ncc(C)c(N)c1C. The number of nitrogens with two attached hydrogens (primary N) is 1. The lowest BCUT2D eigenvalue weighted by Crippen LogP contribution is -2.36. The van der Waals surface area contributed by atoms with Gasteiger partial charge in [-0.1, -0.05) is 13.8 Å². The van der Waals surface area contributed by atoms with Gasteiger partial charge in [0.25, 0.3) is 0 Å². The lowest BCUT2D eigenvalue weighted by molar-refractivity contribution is 0.135. The predicted molar refractivity (Wildman–Crippen MR) is 80.0 cm³/mol. The Kier molecular flexibility index (Phi) is 6.25. The molecular weight excluding hydrogens is 238 g/mol. The van der Waals surface area contributed by atoms with Gasteiger partial charge in [0.05, 0.1) is 12.3 Å². The molecule has 1 aromatic heterocycles. The number of hydrogen-bond acceptors (Lipinski definition) is 4. The molecule has 0 spiro atoms. The van der Waals surface area contributed by atoms with Gasteiger partial charge in [-0.15, -0.1) is 0 Å². The normalized spacial score (nSPS) is 11.5. The second-order valence-electron chi connectivity index (χ2n) is 5.09. The lowest BCUT2D eigenvalue weighted by Gasteiger charge is -2.30. The molecule has 0 aliphatic carbocycles. The van der Waals surface area contributed by atoms with Gasteiger partial charge in [-0.3, -0.25) is 9.88 Å². The Balaban J connectivity index is 2.93. The van der Waals surface area contributed by atoms with Crippen molar-refractivity contribution in [2.45, 2.75) is 53.1 Å². The zero-order chi connectivity index (χ0) is 14.4. The first-order valence-corrected chi connectivity index (χ1v) is 7.10. The van der Waals surface area contributed by atoms with E-state index in [1.165, 1.54) is 0 Å². The lowest BCUT2D eigenvalue weighted by atomic mass is 10.1. The van der Waals surface area contributed by atoms with Gasteiger partial charge >= 0.3 is 0 Å². The molecule has 0 atom stereocenters. The van der Waals surface area contributed by atoms with Crippen molar-refractivity contribution in [3.8, 4) is 0 Å². The van der Waals surface area contributed by atoms with Gasteiger partial charge < -0.3 is 10.8 Å². The second kappa shape index (κ2) is 7.46. The van der Waals surface area contributed by atoms with Crippen LogP contribution in [0.15, 0.2) is 6.20 Å². The zero-order valence-electron chi connectivity index (χ0n) is 12.6. The number of aromatic nitrogens is 1. The van der Waals surface area contributed by atoms with Crippen molar-refractivity contribution in [1.29, 1.82) is 0 Å². The van der Waals surface area contributed by atoms with E-state index in [0.717, 1.165) is 41.9 Å². The molecule has 0 saturated carbocycles. The number of nitrogen functional groups attached to an aromatic ring is 1. The summed E-state index contributed by atoms with van der Waals surface area (Å²) in [5.41, 5.74) is 10.0. The van der Waals surface area contributed by atoms with Gasteiger partial charge in [0.2, 0.25) is 0 Å². The van der Waals surface area contributed by atoms with E-state index >= 15 is 0 Å². The van der Waals surface area contributed by atoms with Crippen LogP contribution in [0.2, 0.25) is 0 Å². The van der Waals surface area contributed by atoms with Crippen molar-refractivity contribution in [3.63, 3.8) is 0 Å². The molecule has 0 aromatic carbocycles. The van der Waals surface area contributed by atoms with Crippen LogP contribution < -0.4 is 5.73 Å².